The second kappa shape index (κ2) is 8.87. The highest BCUT2D eigenvalue weighted by molar-refractivity contribution is 7.85. The third-order valence-corrected chi connectivity index (χ3v) is 6.08. The van der Waals surface area contributed by atoms with E-state index in [2.05, 4.69) is 10.2 Å². The Morgan fingerprint density at radius 2 is 1.67 bits per heavy atom. The lowest BCUT2D eigenvalue weighted by Crippen LogP contribution is -1.98. The van der Waals surface area contributed by atoms with E-state index in [1.165, 1.54) is 18.2 Å². The van der Waals surface area contributed by atoms with E-state index in [0.717, 1.165) is 6.07 Å². The molecule has 0 unspecified atom stereocenters. The highest BCUT2D eigenvalue weighted by Gasteiger charge is 2.17. The topological polar surface area (TPSA) is 135 Å². The number of hydrogen-bond donors (Lipinski definition) is 3. The van der Waals surface area contributed by atoms with Gasteiger partial charge in [0.05, 0.1) is 26.0 Å². The molecule has 4 N–H and O–H groups in total. The summed E-state index contributed by atoms with van der Waals surface area (Å²) in [6, 6.07) is 16.8. The number of fused-ring (bicyclic) bond motifs is 1. The average Bonchev–Trinajstić information content (AvgIpc) is 2.76. The standard InChI is InChI=1S/C22H15Cl2N3O5S/c23-15-7-6-13(32-20-4-2-1-3-16(20)24)10-18(15)26-27-22-17(25)8-5-12-9-14(33(29,30)31)11-19(28)21(12)22/h1-11,28H,25H2,(H,29,30,31). The summed E-state index contributed by atoms with van der Waals surface area (Å²) < 4.78 is 38.0. The lowest BCUT2D eigenvalue weighted by atomic mass is 10.1. The predicted molar refractivity (Wildman–Crippen MR) is 127 cm³/mol. The largest absolute Gasteiger partial charge is 0.507 e. The molecular weight excluding hydrogens is 489 g/mol. The summed E-state index contributed by atoms with van der Waals surface area (Å²) in [7, 11) is -4.52. The summed E-state index contributed by atoms with van der Waals surface area (Å²) in [5.41, 5.74) is 6.56. The van der Waals surface area contributed by atoms with Crippen LogP contribution in [0.1, 0.15) is 0 Å². The Labute approximate surface area is 198 Å². The van der Waals surface area contributed by atoms with Crippen LogP contribution in [0, 0.1) is 0 Å². The SMILES string of the molecule is Nc1ccc2cc(S(=O)(=O)O)cc(O)c2c1N=Nc1cc(Oc2ccccc2Cl)ccc1Cl. The van der Waals surface area contributed by atoms with Crippen LogP contribution in [0.5, 0.6) is 17.2 Å². The third kappa shape index (κ3) is 4.86. The Bertz CT molecular complexity index is 1520. The highest BCUT2D eigenvalue weighted by Crippen LogP contribution is 2.41. The molecule has 0 bridgehead atoms. The van der Waals surface area contributed by atoms with Gasteiger partial charge in [0.1, 0.15) is 28.6 Å². The molecule has 11 heteroatoms. The molecule has 0 radical (unpaired) electrons. The zero-order valence-electron chi connectivity index (χ0n) is 16.6. The van der Waals surface area contributed by atoms with E-state index in [1.54, 1.807) is 42.5 Å². The molecule has 33 heavy (non-hydrogen) atoms. The molecule has 0 amide bonds. The zero-order valence-corrected chi connectivity index (χ0v) is 18.9. The van der Waals surface area contributed by atoms with Crippen LogP contribution in [-0.4, -0.2) is 18.1 Å². The number of rotatable bonds is 5. The van der Waals surface area contributed by atoms with Crippen molar-refractivity contribution in [2.24, 2.45) is 10.2 Å². The number of nitrogens with two attached hydrogens (primary N) is 1. The van der Waals surface area contributed by atoms with E-state index in [-0.39, 0.29) is 32.9 Å². The Morgan fingerprint density at radius 3 is 2.39 bits per heavy atom. The van der Waals surface area contributed by atoms with Crippen molar-refractivity contribution in [3.8, 4) is 17.2 Å². The first-order valence-electron chi connectivity index (χ1n) is 9.30. The molecule has 4 aromatic rings. The van der Waals surface area contributed by atoms with Gasteiger partial charge in [0, 0.05) is 12.1 Å². The minimum Gasteiger partial charge on any atom is -0.507 e. The first-order chi connectivity index (χ1) is 15.6. The fraction of sp³-hybridized carbons (Fsp3) is 0. The molecular formula is C22H15Cl2N3O5S. The molecule has 8 nitrogen and oxygen atoms in total. The minimum absolute atomic E-state index is 0.0976. The molecule has 0 heterocycles. The molecule has 0 saturated carbocycles. The molecule has 0 spiro atoms. The fourth-order valence-electron chi connectivity index (χ4n) is 3.06. The number of halogens is 2. The fourth-order valence-corrected chi connectivity index (χ4v) is 3.93. The van der Waals surface area contributed by atoms with Gasteiger partial charge in [-0.2, -0.15) is 8.42 Å². The molecule has 0 atom stereocenters. The molecule has 168 valence electrons. The van der Waals surface area contributed by atoms with Gasteiger partial charge in [0.15, 0.2) is 0 Å². The zero-order chi connectivity index (χ0) is 23.8. The van der Waals surface area contributed by atoms with Gasteiger partial charge in [-0.15, -0.1) is 10.2 Å². The maximum Gasteiger partial charge on any atom is 0.294 e. The number of nitrogen functional groups attached to an aromatic ring is 1. The molecule has 0 aliphatic heterocycles. The maximum absolute atomic E-state index is 11.5. The molecule has 4 rings (SSSR count). The predicted octanol–water partition coefficient (Wildman–Crippen LogP) is 6.89. The van der Waals surface area contributed by atoms with Crippen LogP contribution in [-0.2, 0) is 10.1 Å². The Kier molecular flexibility index (Phi) is 6.13. The molecule has 4 aromatic carbocycles. The lowest BCUT2D eigenvalue weighted by Gasteiger charge is -2.10. The van der Waals surface area contributed by atoms with Crippen LogP contribution in [0.15, 0.2) is 81.9 Å². The van der Waals surface area contributed by atoms with Crippen LogP contribution in [0.2, 0.25) is 10.0 Å². The van der Waals surface area contributed by atoms with Gasteiger partial charge in [-0.3, -0.25) is 4.55 Å². The molecule has 0 aliphatic carbocycles. The van der Waals surface area contributed by atoms with Crippen LogP contribution < -0.4 is 10.5 Å². The van der Waals surface area contributed by atoms with E-state index in [0.29, 0.717) is 16.5 Å². The average molecular weight is 504 g/mol. The number of benzene rings is 4. The minimum atomic E-state index is -4.52. The van der Waals surface area contributed by atoms with Crippen molar-refractivity contribution in [1.29, 1.82) is 0 Å². The normalized spacial score (nSPS) is 11.8. The van der Waals surface area contributed by atoms with E-state index >= 15 is 0 Å². The van der Waals surface area contributed by atoms with Crippen molar-refractivity contribution >= 4 is 61.2 Å². The van der Waals surface area contributed by atoms with Gasteiger partial charge < -0.3 is 15.6 Å². The summed E-state index contributed by atoms with van der Waals surface area (Å²) in [6.45, 7) is 0. The van der Waals surface area contributed by atoms with E-state index in [1.807, 2.05) is 0 Å². The van der Waals surface area contributed by atoms with Crippen molar-refractivity contribution < 1.29 is 22.8 Å². The van der Waals surface area contributed by atoms with Gasteiger partial charge in [-0.1, -0.05) is 41.4 Å². The second-order valence-electron chi connectivity index (χ2n) is 6.86. The number of nitrogens with zero attached hydrogens (tertiary/aromatic N) is 2. The summed E-state index contributed by atoms with van der Waals surface area (Å²) in [6.07, 6.45) is 0. The smallest absolute Gasteiger partial charge is 0.294 e. The summed E-state index contributed by atoms with van der Waals surface area (Å²) in [5, 5.41) is 19.9. The Hall–Kier alpha value is -3.37. The molecule has 0 fully saturated rings. The number of ether oxygens (including phenoxy) is 1. The summed E-state index contributed by atoms with van der Waals surface area (Å²) in [4.78, 5) is -0.465. The van der Waals surface area contributed by atoms with Gasteiger partial charge >= 0.3 is 0 Å². The Morgan fingerprint density at radius 1 is 0.909 bits per heavy atom. The maximum atomic E-state index is 11.5. The number of aromatic hydroxyl groups is 1. The van der Waals surface area contributed by atoms with Gasteiger partial charge in [-0.05, 0) is 41.8 Å². The number of phenolic OH excluding ortho intramolecular Hbond substituents is 1. The number of hydrogen-bond acceptors (Lipinski definition) is 7. The second-order valence-corrected chi connectivity index (χ2v) is 9.10. The molecule has 0 aliphatic rings. The number of anilines is 1. The number of phenols is 1. The van der Waals surface area contributed by atoms with Gasteiger partial charge in [-0.25, -0.2) is 0 Å². The van der Waals surface area contributed by atoms with Gasteiger partial charge in [0.25, 0.3) is 10.1 Å². The van der Waals surface area contributed by atoms with E-state index in [9.17, 15) is 18.1 Å². The highest BCUT2D eigenvalue weighted by atomic mass is 35.5. The first-order valence-corrected chi connectivity index (χ1v) is 11.5. The molecule has 0 saturated heterocycles. The Balaban J connectivity index is 1.75. The molecule has 0 aromatic heterocycles. The van der Waals surface area contributed by atoms with Crippen molar-refractivity contribution in [3.05, 3.63) is 76.8 Å². The van der Waals surface area contributed by atoms with Crippen LogP contribution in [0.3, 0.4) is 0 Å². The number of azo groups is 1. The summed E-state index contributed by atoms with van der Waals surface area (Å²) >= 11 is 12.4. The van der Waals surface area contributed by atoms with Crippen LogP contribution in [0.4, 0.5) is 17.1 Å². The van der Waals surface area contributed by atoms with Crippen molar-refractivity contribution in [2.45, 2.75) is 4.90 Å². The van der Waals surface area contributed by atoms with E-state index in [4.69, 9.17) is 33.7 Å². The quantitative estimate of drug-likeness (QED) is 0.154. The lowest BCUT2D eigenvalue weighted by molar-refractivity contribution is 0.471. The first kappa shape index (κ1) is 22.8. The van der Waals surface area contributed by atoms with Crippen LogP contribution >= 0.6 is 23.2 Å². The number of para-hydroxylation sites is 1. The van der Waals surface area contributed by atoms with Crippen LogP contribution in [0.25, 0.3) is 10.8 Å². The van der Waals surface area contributed by atoms with E-state index < -0.39 is 20.8 Å². The monoisotopic (exact) mass is 503 g/mol. The van der Waals surface area contributed by atoms with Crippen molar-refractivity contribution in [1.82, 2.24) is 0 Å². The van der Waals surface area contributed by atoms with Crippen molar-refractivity contribution in [2.75, 3.05) is 5.73 Å². The summed E-state index contributed by atoms with van der Waals surface area (Å²) in [5.74, 6) is 0.415. The van der Waals surface area contributed by atoms with Gasteiger partial charge in [0.2, 0.25) is 0 Å². The van der Waals surface area contributed by atoms with Crippen molar-refractivity contribution in [3.63, 3.8) is 0 Å². The third-order valence-electron chi connectivity index (χ3n) is 4.61.